The van der Waals surface area contributed by atoms with Gasteiger partial charge >= 0.3 is 0 Å². The van der Waals surface area contributed by atoms with Crippen molar-refractivity contribution >= 4 is 0 Å². The van der Waals surface area contributed by atoms with E-state index in [-0.39, 0.29) is 5.92 Å². The average molecular weight is 246 g/mol. The van der Waals surface area contributed by atoms with Gasteiger partial charge in [0, 0.05) is 12.0 Å². The normalized spacial score (nSPS) is 17.1. The van der Waals surface area contributed by atoms with Crippen LogP contribution >= 0.6 is 0 Å². The minimum absolute atomic E-state index is 0.100. The van der Waals surface area contributed by atoms with Crippen LogP contribution in [0, 0.1) is 5.92 Å². The Morgan fingerprint density at radius 1 is 1.06 bits per heavy atom. The van der Waals surface area contributed by atoms with E-state index in [2.05, 4.69) is 31.4 Å². The summed E-state index contributed by atoms with van der Waals surface area (Å²) in [5.41, 5.74) is 0. The van der Waals surface area contributed by atoms with Gasteiger partial charge in [-0.1, -0.05) is 27.2 Å². The molecule has 0 rings (SSSR count). The number of aliphatic hydroxyl groups excluding tert-OH is 2. The van der Waals surface area contributed by atoms with Crippen LogP contribution in [0.2, 0.25) is 0 Å². The first-order chi connectivity index (χ1) is 8.08. The van der Waals surface area contributed by atoms with Gasteiger partial charge in [0.1, 0.15) is 12.5 Å². The minimum atomic E-state index is -0.537. The molecule has 0 aliphatic carbocycles. The molecule has 4 nitrogen and oxygen atoms in total. The van der Waals surface area contributed by atoms with Crippen molar-refractivity contribution in [3.8, 4) is 0 Å². The lowest BCUT2D eigenvalue weighted by molar-refractivity contribution is 0.0198. The molecule has 0 heterocycles. The van der Waals surface area contributed by atoms with Crippen molar-refractivity contribution in [2.24, 2.45) is 5.92 Å². The Labute approximate surface area is 106 Å². The Morgan fingerprint density at radius 2 is 1.65 bits per heavy atom. The van der Waals surface area contributed by atoms with Gasteiger partial charge < -0.3 is 10.2 Å². The molecule has 2 unspecified atom stereocenters. The summed E-state index contributed by atoms with van der Waals surface area (Å²) in [5.74, 6) is 0.100. The summed E-state index contributed by atoms with van der Waals surface area (Å²) in [6, 6.07) is 0.357. The van der Waals surface area contributed by atoms with Crippen LogP contribution in [0.3, 0.4) is 0 Å². The summed E-state index contributed by atoms with van der Waals surface area (Å²) in [6.07, 6.45) is 3.49. The molecule has 0 bridgehead atoms. The first kappa shape index (κ1) is 16.8. The maximum absolute atomic E-state index is 10.2. The number of aliphatic hydroxyl groups is 2. The first-order valence-electron chi connectivity index (χ1n) is 6.88. The van der Waals surface area contributed by atoms with E-state index in [0.29, 0.717) is 12.5 Å². The summed E-state index contributed by atoms with van der Waals surface area (Å²) < 4.78 is 0. The van der Waals surface area contributed by atoms with Gasteiger partial charge in [-0.2, -0.15) is 0 Å². The highest BCUT2D eigenvalue weighted by Gasteiger charge is 2.22. The zero-order valence-corrected chi connectivity index (χ0v) is 11.7. The zero-order valence-electron chi connectivity index (χ0n) is 11.7. The van der Waals surface area contributed by atoms with Gasteiger partial charge in [-0.25, -0.2) is 0 Å². The molecule has 0 amide bonds. The van der Waals surface area contributed by atoms with Crippen molar-refractivity contribution in [3.63, 3.8) is 0 Å². The van der Waals surface area contributed by atoms with Crippen LogP contribution in [0.4, 0.5) is 0 Å². The van der Waals surface area contributed by atoms with E-state index in [1.807, 2.05) is 0 Å². The van der Waals surface area contributed by atoms with Crippen LogP contribution in [0.15, 0.2) is 0 Å². The molecule has 0 fully saturated rings. The number of rotatable bonds is 10. The number of nitrogens with one attached hydrogen (secondary N) is 2. The van der Waals surface area contributed by atoms with E-state index in [1.165, 1.54) is 0 Å². The largest absolute Gasteiger partial charge is 0.379 e. The van der Waals surface area contributed by atoms with Gasteiger partial charge in [-0.3, -0.25) is 10.6 Å². The SMILES string of the molecule is CCCC(CC(O)NC)[C@H](O)NC(CC)CC. The second-order valence-electron chi connectivity index (χ2n) is 4.71. The van der Waals surface area contributed by atoms with Gasteiger partial charge in [-0.15, -0.1) is 0 Å². The molecule has 17 heavy (non-hydrogen) atoms. The number of hydrogen-bond donors (Lipinski definition) is 4. The lowest BCUT2D eigenvalue weighted by Crippen LogP contribution is -2.44. The molecular weight excluding hydrogens is 216 g/mol. The van der Waals surface area contributed by atoms with E-state index in [4.69, 9.17) is 0 Å². The van der Waals surface area contributed by atoms with Crippen LogP contribution in [0.25, 0.3) is 0 Å². The summed E-state index contributed by atoms with van der Waals surface area (Å²) in [5, 5.41) is 25.8. The van der Waals surface area contributed by atoms with Gasteiger partial charge in [0.05, 0.1) is 0 Å². The Kier molecular flexibility index (Phi) is 9.74. The third-order valence-corrected chi connectivity index (χ3v) is 3.36. The predicted octanol–water partition coefficient (Wildman–Crippen LogP) is 1.43. The molecular formula is C13H30N2O2. The second kappa shape index (κ2) is 9.83. The summed E-state index contributed by atoms with van der Waals surface area (Å²) in [7, 11) is 1.73. The quantitative estimate of drug-likeness (QED) is 0.440. The topological polar surface area (TPSA) is 64.5 Å². The van der Waals surface area contributed by atoms with Crippen molar-refractivity contribution in [1.29, 1.82) is 0 Å². The maximum Gasteiger partial charge on any atom is 0.108 e. The molecule has 0 aliphatic heterocycles. The van der Waals surface area contributed by atoms with Crippen molar-refractivity contribution in [2.45, 2.75) is 71.4 Å². The zero-order chi connectivity index (χ0) is 13.3. The van der Waals surface area contributed by atoms with Crippen molar-refractivity contribution in [1.82, 2.24) is 10.6 Å². The van der Waals surface area contributed by atoms with Gasteiger partial charge in [-0.05, 0) is 32.7 Å². The molecule has 0 radical (unpaired) electrons. The minimum Gasteiger partial charge on any atom is -0.379 e. The first-order valence-corrected chi connectivity index (χ1v) is 6.88. The predicted molar refractivity (Wildman–Crippen MR) is 71.6 cm³/mol. The van der Waals surface area contributed by atoms with Crippen molar-refractivity contribution < 1.29 is 10.2 Å². The van der Waals surface area contributed by atoms with Crippen molar-refractivity contribution in [2.75, 3.05) is 7.05 Å². The van der Waals surface area contributed by atoms with E-state index < -0.39 is 12.5 Å². The smallest absolute Gasteiger partial charge is 0.108 e. The molecule has 0 aromatic rings. The Hall–Kier alpha value is -0.160. The highest BCUT2D eigenvalue weighted by molar-refractivity contribution is 4.73. The van der Waals surface area contributed by atoms with Gasteiger partial charge in [0.25, 0.3) is 0 Å². The van der Waals surface area contributed by atoms with Crippen LogP contribution < -0.4 is 10.6 Å². The summed E-state index contributed by atoms with van der Waals surface area (Å²) in [6.45, 7) is 6.33. The van der Waals surface area contributed by atoms with Crippen LogP contribution in [-0.4, -0.2) is 35.8 Å². The summed E-state index contributed by atoms with van der Waals surface area (Å²) in [4.78, 5) is 0. The molecule has 0 saturated heterocycles. The molecule has 0 saturated carbocycles. The Balaban J connectivity index is 4.26. The molecule has 4 N–H and O–H groups in total. The lowest BCUT2D eigenvalue weighted by Gasteiger charge is -2.28. The molecule has 0 spiro atoms. The molecule has 0 aromatic heterocycles. The second-order valence-corrected chi connectivity index (χ2v) is 4.71. The average Bonchev–Trinajstić information content (AvgIpc) is 2.34. The fourth-order valence-electron chi connectivity index (χ4n) is 2.08. The van der Waals surface area contributed by atoms with E-state index >= 15 is 0 Å². The summed E-state index contributed by atoms with van der Waals surface area (Å²) >= 11 is 0. The van der Waals surface area contributed by atoms with Crippen molar-refractivity contribution in [3.05, 3.63) is 0 Å². The van der Waals surface area contributed by atoms with Crippen LogP contribution in [0.5, 0.6) is 0 Å². The van der Waals surface area contributed by atoms with Gasteiger partial charge in [0.15, 0.2) is 0 Å². The monoisotopic (exact) mass is 246 g/mol. The molecule has 0 aliphatic rings. The van der Waals surface area contributed by atoms with Crippen LogP contribution in [0.1, 0.15) is 52.9 Å². The molecule has 4 heteroatoms. The lowest BCUT2D eigenvalue weighted by atomic mass is 9.96. The number of hydrogen-bond acceptors (Lipinski definition) is 4. The standard InChI is InChI=1S/C13H30N2O2/c1-5-8-10(9-12(16)14-4)13(17)15-11(6-2)7-3/h10-17H,5-9H2,1-4H3/t10?,12?,13-/m0/s1. The third kappa shape index (κ3) is 6.99. The fraction of sp³-hybridized carbons (Fsp3) is 1.00. The Morgan fingerprint density at radius 3 is 2.06 bits per heavy atom. The molecule has 104 valence electrons. The van der Waals surface area contributed by atoms with E-state index in [1.54, 1.807) is 7.05 Å². The Bertz CT molecular complexity index is 175. The highest BCUT2D eigenvalue weighted by Crippen LogP contribution is 2.17. The molecule has 0 aromatic carbocycles. The van der Waals surface area contributed by atoms with E-state index in [9.17, 15) is 10.2 Å². The van der Waals surface area contributed by atoms with Crippen LogP contribution in [-0.2, 0) is 0 Å². The van der Waals surface area contributed by atoms with Gasteiger partial charge in [0.2, 0.25) is 0 Å². The molecule has 3 atom stereocenters. The third-order valence-electron chi connectivity index (χ3n) is 3.36. The maximum atomic E-state index is 10.2. The van der Waals surface area contributed by atoms with E-state index in [0.717, 1.165) is 25.7 Å². The fourth-order valence-corrected chi connectivity index (χ4v) is 2.08. The highest BCUT2D eigenvalue weighted by atomic mass is 16.3.